The summed E-state index contributed by atoms with van der Waals surface area (Å²) in [5, 5.41) is 4.17. The van der Waals surface area contributed by atoms with E-state index in [1.165, 1.54) is 28.7 Å². The van der Waals surface area contributed by atoms with Crippen LogP contribution in [-0.4, -0.2) is 17.0 Å². The van der Waals surface area contributed by atoms with Crippen LogP contribution in [0.4, 0.5) is 4.39 Å². The highest BCUT2D eigenvalue weighted by Gasteiger charge is 2.10. The van der Waals surface area contributed by atoms with Crippen LogP contribution < -0.4 is 5.32 Å². The number of hydrogen-bond donors (Lipinski definition) is 1. The van der Waals surface area contributed by atoms with Crippen LogP contribution in [0.3, 0.4) is 0 Å². The first-order valence-electron chi connectivity index (χ1n) is 7.84. The molecular weight excluding hydrogens is 327 g/mol. The third-order valence-corrected chi connectivity index (χ3v) is 4.35. The monoisotopic (exact) mass is 344 g/mol. The average Bonchev–Trinajstić information content (AvgIpc) is 2.87. The molecule has 0 radical (unpaired) electrons. The number of benzene rings is 2. The van der Waals surface area contributed by atoms with Crippen molar-refractivity contribution >= 4 is 28.4 Å². The van der Waals surface area contributed by atoms with Crippen LogP contribution in [0.15, 0.2) is 48.5 Å². The molecule has 1 N–H and O–H groups in total. The second-order valence-corrected chi connectivity index (χ2v) is 6.14. The Hall–Kier alpha value is -2.33. The fourth-order valence-electron chi connectivity index (χ4n) is 2.85. The summed E-state index contributed by atoms with van der Waals surface area (Å²) < 4.78 is 15.3. The Kier molecular flexibility index (Phi) is 4.86. The molecule has 1 amide bonds. The Morgan fingerprint density at radius 3 is 2.79 bits per heavy atom. The van der Waals surface area contributed by atoms with E-state index in [1.54, 1.807) is 0 Å². The summed E-state index contributed by atoms with van der Waals surface area (Å²) >= 11 is 5.90. The third kappa shape index (κ3) is 3.44. The number of carbonyl (C=O) groups is 1. The van der Waals surface area contributed by atoms with Crippen LogP contribution in [0.2, 0.25) is 5.02 Å². The lowest BCUT2D eigenvalue weighted by atomic mass is 10.2. The standard InChI is InChI=1S/C19H18ClFN2O/c1-13-11-14-5-2-3-6-18(14)23(13)10-4-9-22-19(24)16-8-7-15(21)12-17(16)20/h2-3,5-8,11-12H,4,9-10H2,1H3,(H,22,24). The van der Waals surface area contributed by atoms with Crippen molar-refractivity contribution in [2.75, 3.05) is 6.54 Å². The number of rotatable bonds is 5. The van der Waals surface area contributed by atoms with Crippen molar-refractivity contribution in [2.24, 2.45) is 0 Å². The van der Waals surface area contributed by atoms with Gasteiger partial charge in [-0.25, -0.2) is 4.39 Å². The number of aromatic nitrogens is 1. The highest BCUT2D eigenvalue weighted by Crippen LogP contribution is 2.19. The molecule has 0 atom stereocenters. The van der Waals surface area contributed by atoms with E-state index in [1.807, 2.05) is 12.1 Å². The molecule has 1 heterocycles. The summed E-state index contributed by atoms with van der Waals surface area (Å²) in [5.74, 6) is -0.736. The highest BCUT2D eigenvalue weighted by molar-refractivity contribution is 6.33. The number of aryl methyl sites for hydroxylation is 2. The number of para-hydroxylation sites is 1. The van der Waals surface area contributed by atoms with Crippen LogP contribution >= 0.6 is 11.6 Å². The molecule has 0 saturated carbocycles. The number of hydrogen-bond acceptors (Lipinski definition) is 1. The van der Waals surface area contributed by atoms with Gasteiger partial charge in [0, 0.05) is 24.3 Å². The van der Waals surface area contributed by atoms with E-state index in [9.17, 15) is 9.18 Å². The fourth-order valence-corrected chi connectivity index (χ4v) is 3.11. The molecule has 0 fully saturated rings. The zero-order chi connectivity index (χ0) is 17.1. The second kappa shape index (κ2) is 7.05. The van der Waals surface area contributed by atoms with Gasteiger partial charge in [-0.3, -0.25) is 4.79 Å². The van der Waals surface area contributed by atoms with E-state index in [0.717, 1.165) is 19.0 Å². The van der Waals surface area contributed by atoms with Crippen molar-refractivity contribution in [1.82, 2.24) is 9.88 Å². The van der Waals surface area contributed by atoms with Crippen LogP contribution in [0.25, 0.3) is 10.9 Å². The molecule has 3 aromatic rings. The number of fused-ring (bicyclic) bond motifs is 1. The number of amides is 1. The molecule has 0 unspecified atom stereocenters. The smallest absolute Gasteiger partial charge is 0.252 e. The van der Waals surface area contributed by atoms with E-state index < -0.39 is 5.82 Å². The minimum Gasteiger partial charge on any atom is -0.352 e. The molecule has 0 aliphatic rings. The Bertz CT molecular complexity index is 888. The van der Waals surface area contributed by atoms with E-state index in [0.29, 0.717) is 12.1 Å². The van der Waals surface area contributed by atoms with Gasteiger partial charge in [0.15, 0.2) is 0 Å². The first kappa shape index (κ1) is 16.5. The van der Waals surface area contributed by atoms with Gasteiger partial charge >= 0.3 is 0 Å². The van der Waals surface area contributed by atoms with Gasteiger partial charge in [0.05, 0.1) is 10.6 Å². The van der Waals surface area contributed by atoms with Gasteiger partial charge in [0.25, 0.3) is 5.91 Å². The molecule has 5 heteroatoms. The highest BCUT2D eigenvalue weighted by atomic mass is 35.5. The molecular formula is C19H18ClFN2O. The lowest BCUT2D eigenvalue weighted by Gasteiger charge is -2.10. The zero-order valence-corrected chi connectivity index (χ0v) is 14.1. The van der Waals surface area contributed by atoms with Gasteiger partial charge in [0.2, 0.25) is 0 Å². The summed E-state index contributed by atoms with van der Waals surface area (Å²) in [5.41, 5.74) is 2.69. The van der Waals surface area contributed by atoms with Gasteiger partial charge < -0.3 is 9.88 Å². The molecule has 2 aromatic carbocycles. The fraction of sp³-hybridized carbons (Fsp3) is 0.211. The van der Waals surface area contributed by atoms with E-state index in [4.69, 9.17) is 11.6 Å². The maximum Gasteiger partial charge on any atom is 0.252 e. The SMILES string of the molecule is Cc1cc2ccccc2n1CCCNC(=O)c1ccc(F)cc1Cl. The van der Waals surface area contributed by atoms with Crippen molar-refractivity contribution in [3.05, 3.63) is 70.6 Å². The summed E-state index contributed by atoms with van der Waals surface area (Å²) in [6, 6.07) is 14.2. The molecule has 0 aliphatic heterocycles. The maximum atomic E-state index is 13.0. The maximum absolute atomic E-state index is 13.0. The molecule has 0 aliphatic carbocycles. The Balaban J connectivity index is 1.58. The van der Waals surface area contributed by atoms with Crippen LogP contribution in [-0.2, 0) is 6.54 Å². The minimum absolute atomic E-state index is 0.125. The Morgan fingerprint density at radius 1 is 1.21 bits per heavy atom. The van der Waals surface area contributed by atoms with E-state index in [-0.39, 0.29) is 10.9 Å². The van der Waals surface area contributed by atoms with Crippen molar-refractivity contribution in [2.45, 2.75) is 19.9 Å². The average molecular weight is 345 g/mol. The Labute approximate surface area is 145 Å². The van der Waals surface area contributed by atoms with Crippen molar-refractivity contribution in [1.29, 1.82) is 0 Å². The molecule has 3 nitrogen and oxygen atoms in total. The molecule has 24 heavy (non-hydrogen) atoms. The van der Waals surface area contributed by atoms with Crippen LogP contribution in [0, 0.1) is 12.7 Å². The van der Waals surface area contributed by atoms with Crippen LogP contribution in [0.1, 0.15) is 22.5 Å². The van der Waals surface area contributed by atoms with Crippen molar-refractivity contribution < 1.29 is 9.18 Å². The summed E-state index contributed by atoms with van der Waals surface area (Å²) in [4.78, 5) is 12.1. The summed E-state index contributed by atoms with van der Waals surface area (Å²) in [6.07, 6.45) is 0.796. The van der Waals surface area contributed by atoms with Gasteiger partial charge in [-0.05, 0) is 49.1 Å². The molecule has 0 saturated heterocycles. The zero-order valence-electron chi connectivity index (χ0n) is 13.4. The Morgan fingerprint density at radius 2 is 2.00 bits per heavy atom. The van der Waals surface area contributed by atoms with Gasteiger partial charge in [0.1, 0.15) is 5.82 Å². The largest absolute Gasteiger partial charge is 0.352 e. The van der Waals surface area contributed by atoms with E-state index in [2.05, 4.69) is 35.0 Å². The van der Waals surface area contributed by atoms with Gasteiger partial charge in [-0.15, -0.1) is 0 Å². The van der Waals surface area contributed by atoms with E-state index >= 15 is 0 Å². The first-order valence-corrected chi connectivity index (χ1v) is 8.22. The number of nitrogens with zero attached hydrogens (tertiary/aromatic N) is 1. The lowest BCUT2D eigenvalue weighted by molar-refractivity contribution is 0.0953. The summed E-state index contributed by atoms with van der Waals surface area (Å²) in [6.45, 7) is 3.42. The predicted molar refractivity (Wildman–Crippen MR) is 95.0 cm³/mol. The van der Waals surface area contributed by atoms with Crippen molar-refractivity contribution in [3.63, 3.8) is 0 Å². The van der Waals surface area contributed by atoms with Crippen LogP contribution in [0.5, 0.6) is 0 Å². The topological polar surface area (TPSA) is 34.0 Å². The second-order valence-electron chi connectivity index (χ2n) is 5.73. The van der Waals surface area contributed by atoms with Crippen molar-refractivity contribution in [3.8, 4) is 0 Å². The molecule has 124 valence electrons. The number of carbonyl (C=O) groups excluding carboxylic acids is 1. The molecule has 0 bridgehead atoms. The normalized spacial score (nSPS) is 11.0. The number of halogens is 2. The quantitative estimate of drug-likeness (QED) is 0.676. The van der Waals surface area contributed by atoms with Gasteiger partial charge in [-0.2, -0.15) is 0 Å². The lowest BCUT2D eigenvalue weighted by Crippen LogP contribution is -2.25. The molecule has 0 spiro atoms. The minimum atomic E-state index is -0.452. The predicted octanol–water partition coefficient (Wildman–Crippen LogP) is 4.56. The van der Waals surface area contributed by atoms with Gasteiger partial charge in [-0.1, -0.05) is 29.8 Å². The first-order chi connectivity index (χ1) is 11.6. The number of nitrogens with one attached hydrogen (secondary N) is 1. The molecule has 3 rings (SSSR count). The molecule has 1 aromatic heterocycles. The summed E-state index contributed by atoms with van der Waals surface area (Å²) in [7, 11) is 0. The third-order valence-electron chi connectivity index (χ3n) is 4.04.